The molecule has 274 valence electrons. The maximum atomic E-state index is 13.1. The van der Waals surface area contributed by atoms with Gasteiger partial charge in [-0.3, -0.25) is 4.79 Å². The van der Waals surface area contributed by atoms with Crippen LogP contribution in [0.2, 0.25) is 0 Å². The predicted molar refractivity (Wildman–Crippen MR) is 194 cm³/mol. The van der Waals surface area contributed by atoms with Crippen molar-refractivity contribution in [3.63, 3.8) is 0 Å². The van der Waals surface area contributed by atoms with Gasteiger partial charge < -0.3 is 28.4 Å². The van der Waals surface area contributed by atoms with E-state index >= 15 is 0 Å². The number of carbonyl (C=O) groups excluding carboxylic acids is 4. The minimum absolute atomic E-state index is 0.0342. The molecule has 1 fully saturated rings. The first-order chi connectivity index (χ1) is 25.1. The average Bonchev–Trinajstić information content (AvgIpc) is 3.42. The van der Waals surface area contributed by atoms with Gasteiger partial charge in [0.15, 0.2) is 0 Å². The molecule has 0 spiro atoms. The molecule has 1 saturated carbocycles. The second-order valence-electron chi connectivity index (χ2n) is 13.1. The minimum atomic E-state index is -0.594. The van der Waals surface area contributed by atoms with E-state index in [1.165, 1.54) is 0 Å². The van der Waals surface area contributed by atoms with E-state index in [9.17, 15) is 19.2 Å². The predicted octanol–water partition coefficient (Wildman–Crippen LogP) is 8.06. The number of hydrogen-bond acceptors (Lipinski definition) is 10. The molecule has 5 rings (SSSR count). The highest BCUT2D eigenvalue weighted by Gasteiger charge is 2.27. The zero-order valence-electron chi connectivity index (χ0n) is 29.9. The molecule has 52 heavy (non-hydrogen) atoms. The fraction of sp³-hybridized carbons (Fsp3) is 0.381. The van der Waals surface area contributed by atoms with Gasteiger partial charge in [-0.15, -0.1) is 0 Å². The van der Waals surface area contributed by atoms with Crippen LogP contribution in [0, 0.1) is 0 Å². The van der Waals surface area contributed by atoms with Crippen molar-refractivity contribution >= 4 is 23.9 Å². The van der Waals surface area contributed by atoms with Crippen LogP contribution >= 0.6 is 0 Å². The van der Waals surface area contributed by atoms with Crippen LogP contribution < -0.4 is 14.2 Å². The maximum Gasteiger partial charge on any atom is 0.343 e. The van der Waals surface area contributed by atoms with Crippen LogP contribution in [-0.2, 0) is 28.6 Å². The second-order valence-corrected chi connectivity index (χ2v) is 13.1. The highest BCUT2D eigenvalue weighted by molar-refractivity contribution is 5.94. The van der Waals surface area contributed by atoms with Crippen LogP contribution in [0.3, 0.4) is 0 Å². The van der Waals surface area contributed by atoms with E-state index in [2.05, 4.69) is 20.1 Å². The summed E-state index contributed by atoms with van der Waals surface area (Å²) in [7, 11) is 0. The Morgan fingerprint density at radius 2 is 1.31 bits per heavy atom. The molecular weight excluding hydrogens is 664 g/mol. The molecule has 0 amide bonds. The number of carbonyl (C=O) groups is 4. The van der Waals surface area contributed by atoms with Crippen molar-refractivity contribution in [3.05, 3.63) is 102 Å². The Labute approximate surface area is 304 Å². The molecule has 2 aliphatic carbocycles. The number of esters is 4. The number of ether oxygens (including phenoxy) is 6. The summed E-state index contributed by atoms with van der Waals surface area (Å²) in [5.41, 5.74) is 5.12. The monoisotopic (exact) mass is 710 g/mol. The lowest BCUT2D eigenvalue weighted by atomic mass is 9.98. The molecule has 3 aromatic carbocycles. The topological polar surface area (TPSA) is 124 Å². The van der Waals surface area contributed by atoms with Gasteiger partial charge in [-0.2, -0.15) is 0 Å². The maximum absolute atomic E-state index is 13.1. The van der Waals surface area contributed by atoms with E-state index in [0.29, 0.717) is 47.8 Å². The Morgan fingerprint density at radius 1 is 0.692 bits per heavy atom. The molecule has 2 aliphatic rings. The molecule has 1 atom stereocenters. The first-order valence-electron chi connectivity index (χ1n) is 17.8. The van der Waals surface area contributed by atoms with Crippen molar-refractivity contribution in [1.29, 1.82) is 0 Å². The quantitative estimate of drug-likeness (QED) is 0.0447. The minimum Gasteiger partial charge on any atom is -0.494 e. The van der Waals surface area contributed by atoms with Crippen molar-refractivity contribution < 1.29 is 47.6 Å². The second kappa shape index (κ2) is 18.2. The van der Waals surface area contributed by atoms with Gasteiger partial charge in [0.05, 0.1) is 25.2 Å². The molecule has 0 bridgehead atoms. The van der Waals surface area contributed by atoms with Crippen LogP contribution in [0.15, 0.2) is 85.0 Å². The number of hydrogen-bond donors (Lipinski definition) is 0. The fourth-order valence-corrected chi connectivity index (χ4v) is 6.20. The Kier molecular flexibility index (Phi) is 13.3. The molecule has 0 aliphatic heterocycles. The van der Waals surface area contributed by atoms with Crippen molar-refractivity contribution in [2.45, 2.75) is 77.2 Å². The lowest BCUT2D eigenvalue weighted by Crippen LogP contribution is -2.22. The zero-order chi connectivity index (χ0) is 37.0. The zero-order valence-corrected chi connectivity index (χ0v) is 29.9. The molecule has 0 aromatic heterocycles. The van der Waals surface area contributed by atoms with Crippen molar-refractivity contribution in [2.24, 2.45) is 0 Å². The fourth-order valence-electron chi connectivity index (χ4n) is 6.20. The summed E-state index contributed by atoms with van der Waals surface area (Å²) in [4.78, 5) is 49.0. The normalized spacial score (nSPS) is 14.7. The highest BCUT2D eigenvalue weighted by Crippen LogP contribution is 2.46. The van der Waals surface area contributed by atoms with E-state index in [4.69, 9.17) is 28.4 Å². The SMILES string of the molecule is C=C(C)C(=O)OCCOc1ccc2c(c1)C(C)c1cc(C(=O)Oc3ccc(OCCCCOC(=O)C(=C)CC(=O)OC4CCCCC4)cc3)ccc1-2. The van der Waals surface area contributed by atoms with Crippen molar-refractivity contribution in [3.8, 4) is 28.4 Å². The molecule has 3 aromatic rings. The number of fused-ring (bicyclic) bond motifs is 3. The summed E-state index contributed by atoms with van der Waals surface area (Å²) in [6.07, 6.45) is 6.01. The summed E-state index contributed by atoms with van der Waals surface area (Å²) in [5, 5.41) is 0. The summed E-state index contributed by atoms with van der Waals surface area (Å²) in [5.74, 6) is -0.235. The van der Waals surface area contributed by atoms with Gasteiger partial charge in [0.1, 0.15) is 36.6 Å². The number of benzene rings is 3. The van der Waals surface area contributed by atoms with Gasteiger partial charge >= 0.3 is 23.9 Å². The Bertz CT molecular complexity index is 1780. The third-order valence-electron chi connectivity index (χ3n) is 9.04. The van der Waals surface area contributed by atoms with Gasteiger partial charge in [-0.05, 0) is 116 Å². The molecule has 0 saturated heterocycles. The molecule has 1 unspecified atom stereocenters. The largest absolute Gasteiger partial charge is 0.494 e. The van der Waals surface area contributed by atoms with Crippen molar-refractivity contribution in [2.75, 3.05) is 26.4 Å². The van der Waals surface area contributed by atoms with E-state index in [0.717, 1.165) is 54.4 Å². The molecule has 10 heteroatoms. The van der Waals surface area contributed by atoms with Crippen LogP contribution in [0.25, 0.3) is 11.1 Å². The summed E-state index contributed by atoms with van der Waals surface area (Å²) in [6.45, 7) is 11.9. The third kappa shape index (κ3) is 10.3. The first kappa shape index (κ1) is 37.9. The Balaban J connectivity index is 1.01. The van der Waals surface area contributed by atoms with Gasteiger partial charge in [-0.25, -0.2) is 14.4 Å². The van der Waals surface area contributed by atoms with Crippen LogP contribution in [0.5, 0.6) is 17.2 Å². The van der Waals surface area contributed by atoms with E-state index in [1.54, 1.807) is 37.3 Å². The molecule has 0 heterocycles. The van der Waals surface area contributed by atoms with Crippen LogP contribution in [0.1, 0.15) is 92.6 Å². The average molecular weight is 711 g/mol. The van der Waals surface area contributed by atoms with Gasteiger partial charge in [0.25, 0.3) is 0 Å². The standard InChI is InChI=1S/C42H46O10/c1-27(2)40(44)50-23-22-48-34-17-19-36-35-18-12-30(25-37(35)29(4)38(36)26-34)42(46)52-33-15-13-31(14-16-33)47-20-8-9-21-49-41(45)28(3)24-39(43)51-32-10-6-5-7-11-32/h12-19,25-26,29,32H,1,3,5-11,20-24H2,2,4H3. The summed E-state index contributed by atoms with van der Waals surface area (Å²) >= 11 is 0. The molecule has 10 nitrogen and oxygen atoms in total. The van der Waals surface area contributed by atoms with E-state index in [1.807, 2.05) is 30.3 Å². The lowest BCUT2D eigenvalue weighted by Gasteiger charge is -2.21. The third-order valence-corrected chi connectivity index (χ3v) is 9.04. The number of unbranched alkanes of at least 4 members (excludes halogenated alkanes) is 1. The number of rotatable bonds is 17. The lowest BCUT2D eigenvalue weighted by molar-refractivity contribution is -0.151. The highest BCUT2D eigenvalue weighted by atomic mass is 16.6. The van der Waals surface area contributed by atoms with Gasteiger partial charge in [-0.1, -0.05) is 38.6 Å². The summed E-state index contributed by atoms with van der Waals surface area (Å²) < 4.78 is 33.0. The molecular formula is C42H46O10. The van der Waals surface area contributed by atoms with Gasteiger partial charge in [0, 0.05) is 17.1 Å². The molecule has 0 N–H and O–H groups in total. The Morgan fingerprint density at radius 3 is 2.04 bits per heavy atom. The first-order valence-corrected chi connectivity index (χ1v) is 17.8. The van der Waals surface area contributed by atoms with Crippen LogP contribution in [-0.4, -0.2) is 56.4 Å². The Hall–Kier alpha value is -5.38. The smallest absolute Gasteiger partial charge is 0.343 e. The van der Waals surface area contributed by atoms with E-state index < -0.39 is 23.9 Å². The van der Waals surface area contributed by atoms with Crippen molar-refractivity contribution in [1.82, 2.24) is 0 Å². The summed E-state index contributed by atoms with van der Waals surface area (Å²) in [6, 6.07) is 18.2. The van der Waals surface area contributed by atoms with Gasteiger partial charge in [0.2, 0.25) is 0 Å². The molecule has 0 radical (unpaired) electrons. The van der Waals surface area contributed by atoms with Crippen LogP contribution in [0.4, 0.5) is 0 Å². The van der Waals surface area contributed by atoms with E-state index in [-0.39, 0.29) is 43.8 Å².